The normalized spacial score (nSPS) is 14.1. The number of rotatable bonds is 0. The Morgan fingerprint density at radius 3 is 2.56 bits per heavy atom. The molecule has 1 aliphatic heterocycles. The van der Waals surface area contributed by atoms with Gasteiger partial charge in [-0.1, -0.05) is 12.2 Å². The van der Waals surface area contributed by atoms with E-state index in [9.17, 15) is 0 Å². The Morgan fingerprint density at radius 2 is 1.81 bits per heavy atom. The number of ether oxygens (including phenoxy) is 2. The van der Waals surface area contributed by atoms with E-state index < -0.39 is 0 Å². The molecule has 0 radical (unpaired) electrons. The highest BCUT2D eigenvalue weighted by Crippen LogP contribution is 2.34. The molecule has 1 aliphatic rings. The standard InChI is InChI=1S/C12H11NO2S/c1-7-4-12(16)13-9-6-11-10(5-8(7)9)14-2-3-15-11/h4-6H,2-3H2,1H3,(H,13,16). The third-order valence-electron chi connectivity index (χ3n) is 2.71. The molecule has 1 aromatic heterocycles. The minimum Gasteiger partial charge on any atom is -0.486 e. The van der Waals surface area contributed by atoms with Crippen LogP contribution in [0.25, 0.3) is 10.9 Å². The van der Waals surface area contributed by atoms with Crippen molar-refractivity contribution in [1.82, 2.24) is 4.98 Å². The largest absolute Gasteiger partial charge is 0.486 e. The Labute approximate surface area is 98.0 Å². The lowest BCUT2D eigenvalue weighted by Crippen LogP contribution is -2.15. The third-order valence-corrected chi connectivity index (χ3v) is 2.93. The first-order valence-electron chi connectivity index (χ1n) is 5.17. The minimum absolute atomic E-state index is 0.602. The van der Waals surface area contributed by atoms with E-state index in [2.05, 4.69) is 4.98 Å². The van der Waals surface area contributed by atoms with Gasteiger partial charge in [0, 0.05) is 11.5 Å². The number of fused-ring (bicyclic) bond motifs is 2. The fourth-order valence-electron chi connectivity index (χ4n) is 1.96. The van der Waals surface area contributed by atoms with Crippen LogP contribution in [0.3, 0.4) is 0 Å². The first kappa shape index (κ1) is 9.66. The van der Waals surface area contributed by atoms with Crippen LogP contribution in [0.5, 0.6) is 11.5 Å². The number of H-pyrrole nitrogens is 1. The van der Waals surface area contributed by atoms with E-state index in [0.717, 1.165) is 32.6 Å². The van der Waals surface area contributed by atoms with Crippen molar-refractivity contribution in [3.63, 3.8) is 0 Å². The summed E-state index contributed by atoms with van der Waals surface area (Å²) in [6.07, 6.45) is 0. The van der Waals surface area contributed by atoms with Gasteiger partial charge in [0.2, 0.25) is 0 Å². The first-order chi connectivity index (χ1) is 7.74. The monoisotopic (exact) mass is 233 g/mol. The molecule has 16 heavy (non-hydrogen) atoms. The van der Waals surface area contributed by atoms with E-state index in [1.165, 1.54) is 0 Å². The van der Waals surface area contributed by atoms with Crippen LogP contribution < -0.4 is 9.47 Å². The van der Waals surface area contributed by atoms with Crippen LogP contribution in [0.1, 0.15) is 5.56 Å². The average molecular weight is 233 g/mol. The Bertz CT molecular complexity index is 618. The molecule has 0 spiro atoms. The lowest BCUT2D eigenvalue weighted by molar-refractivity contribution is 0.172. The smallest absolute Gasteiger partial charge is 0.163 e. The van der Waals surface area contributed by atoms with Gasteiger partial charge in [-0.2, -0.15) is 0 Å². The fraction of sp³-hybridized carbons (Fsp3) is 0.250. The molecule has 0 aliphatic carbocycles. The van der Waals surface area contributed by atoms with Gasteiger partial charge >= 0.3 is 0 Å². The Kier molecular flexibility index (Phi) is 2.11. The molecule has 0 amide bonds. The van der Waals surface area contributed by atoms with Gasteiger partial charge in [0.15, 0.2) is 11.5 Å². The van der Waals surface area contributed by atoms with E-state index in [0.29, 0.717) is 13.2 Å². The third kappa shape index (κ3) is 1.46. The molecule has 1 aromatic carbocycles. The van der Waals surface area contributed by atoms with E-state index in [1.54, 1.807) is 0 Å². The van der Waals surface area contributed by atoms with Gasteiger partial charge in [-0.3, -0.25) is 0 Å². The number of nitrogens with one attached hydrogen (secondary N) is 1. The van der Waals surface area contributed by atoms with Crippen LogP contribution in [0.2, 0.25) is 0 Å². The molecular formula is C12H11NO2S. The molecular weight excluding hydrogens is 222 g/mol. The number of benzene rings is 1. The molecule has 0 atom stereocenters. The second-order valence-electron chi connectivity index (χ2n) is 3.86. The summed E-state index contributed by atoms with van der Waals surface area (Å²) >= 11 is 5.15. The number of hydrogen-bond acceptors (Lipinski definition) is 3. The molecule has 0 bridgehead atoms. The van der Waals surface area contributed by atoms with E-state index in [1.807, 2.05) is 25.1 Å². The highest BCUT2D eigenvalue weighted by molar-refractivity contribution is 7.71. The number of aromatic nitrogens is 1. The number of aromatic amines is 1. The predicted octanol–water partition coefficient (Wildman–Crippen LogP) is 2.98. The molecule has 3 rings (SSSR count). The molecule has 0 saturated heterocycles. The van der Waals surface area contributed by atoms with Gasteiger partial charge in [0.1, 0.15) is 17.9 Å². The summed E-state index contributed by atoms with van der Waals surface area (Å²) in [4.78, 5) is 3.16. The quantitative estimate of drug-likeness (QED) is 0.710. The van der Waals surface area contributed by atoms with Gasteiger partial charge in [0.05, 0.1) is 5.52 Å². The maximum absolute atomic E-state index is 5.55. The van der Waals surface area contributed by atoms with Gasteiger partial charge in [-0.05, 0) is 24.6 Å². The zero-order valence-corrected chi connectivity index (χ0v) is 9.69. The van der Waals surface area contributed by atoms with Gasteiger partial charge in [-0.25, -0.2) is 0 Å². The van der Waals surface area contributed by atoms with Gasteiger partial charge in [0.25, 0.3) is 0 Å². The van der Waals surface area contributed by atoms with Crippen LogP contribution in [0.4, 0.5) is 0 Å². The lowest BCUT2D eigenvalue weighted by atomic mass is 10.1. The molecule has 2 aromatic rings. The van der Waals surface area contributed by atoms with Crippen molar-refractivity contribution in [2.24, 2.45) is 0 Å². The summed E-state index contributed by atoms with van der Waals surface area (Å²) in [5.41, 5.74) is 2.14. The minimum atomic E-state index is 0.602. The molecule has 3 nitrogen and oxygen atoms in total. The summed E-state index contributed by atoms with van der Waals surface area (Å²) in [7, 11) is 0. The topological polar surface area (TPSA) is 34.2 Å². The highest BCUT2D eigenvalue weighted by atomic mass is 32.1. The second kappa shape index (κ2) is 3.49. The van der Waals surface area contributed by atoms with Crippen molar-refractivity contribution in [1.29, 1.82) is 0 Å². The summed E-state index contributed by atoms with van der Waals surface area (Å²) in [5.74, 6) is 1.60. The number of hydrogen-bond donors (Lipinski definition) is 1. The predicted molar refractivity (Wildman–Crippen MR) is 64.9 cm³/mol. The van der Waals surface area contributed by atoms with Crippen LogP contribution in [-0.2, 0) is 0 Å². The van der Waals surface area contributed by atoms with Crippen molar-refractivity contribution in [3.8, 4) is 11.5 Å². The molecule has 0 unspecified atom stereocenters. The SMILES string of the molecule is Cc1cc(=S)[nH]c2cc3c(cc12)OCCO3. The summed E-state index contributed by atoms with van der Waals surface area (Å²) in [5, 5.41) is 1.12. The van der Waals surface area contributed by atoms with E-state index in [4.69, 9.17) is 21.7 Å². The van der Waals surface area contributed by atoms with Crippen molar-refractivity contribution >= 4 is 23.1 Å². The summed E-state index contributed by atoms with van der Waals surface area (Å²) < 4.78 is 11.8. The molecule has 1 N–H and O–H groups in total. The van der Waals surface area contributed by atoms with Crippen molar-refractivity contribution in [2.75, 3.05) is 13.2 Å². The average Bonchev–Trinajstić information content (AvgIpc) is 2.27. The van der Waals surface area contributed by atoms with Crippen molar-refractivity contribution in [3.05, 3.63) is 28.4 Å². The first-order valence-corrected chi connectivity index (χ1v) is 5.58. The zero-order valence-electron chi connectivity index (χ0n) is 8.87. The van der Waals surface area contributed by atoms with Crippen molar-refractivity contribution in [2.45, 2.75) is 6.92 Å². The Balaban J connectivity index is 2.35. The fourth-order valence-corrected chi connectivity index (χ4v) is 2.25. The Hall–Kier alpha value is -1.55. The maximum Gasteiger partial charge on any atom is 0.163 e. The van der Waals surface area contributed by atoms with Crippen LogP contribution >= 0.6 is 12.2 Å². The zero-order chi connectivity index (χ0) is 11.1. The van der Waals surface area contributed by atoms with Crippen LogP contribution in [0.15, 0.2) is 18.2 Å². The highest BCUT2D eigenvalue weighted by Gasteiger charge is 2.13. The summed E-state index contributed by atoms with van der Waals surface area (Å²) in [6.45, 7) is 3.26. The maximum atomic E-state index is 5.55. The van der Waals surface area contributed by atoms with Gasteiger partial charge in [-0.15, -0.1) is 0 Å². The molecule has 0 saturated carbocycles. The van der Waals surface area contributed by atoms with Gasteiger partial charge < -0.3 is 14.5 Å². The molecule has 4 heteroatoms. The number of aryl methyl sites for hydroxylation is 1. The number of pyridine rings is 1. The van der Waals surface area contributed by atoms with Crippen LogP contribution in [-0.4, -0.2) is 18.2 Å². The summed E-state index contributed by atoms with van der Waals surface area (Å²) in [6, 6.07) is 5.91. The van der Waals surface area contributed by atoms with E-state index >= 15 is 0 Å². The second-order valence-corrected chi connectivity index (χ2v) is 4.30. The molecule has 0 fully saturated rings. The lowest BCUT2D eigenvalue weighted by Gasteiger charge is -2.19. The van der Waals surface area contributed by atoms with Crippen LogP contribution in [0, 0.1) is 11.6 Å². The molecule has 2 heterocycles. The molecule has 82 valence electrons. The van der Waals surface area contributed by atoms with Crippen molar-refractivity contribution < 1.29 is 9.47 Å². The van der Waals surface area contributed by atoms with E-state index in [-0.39, 0.29) is 0 Å². The Morgan fingerprint density at radius 1 is 1.12 bits per heavy atom.